The number of hydrogen-bond acceptors (Lipinski definition) is 7. The first-order valence-electron chi connectivity index (χ1n) is 12.9. The van der Waals surface area contributed by atoms with Crippen LogP contribution in [0.2, 0.25) is 0 Å². The van der Waals surface area contributed by atoms with Crippen molar-refractivity contribution in [3.8, 4) is 5.75 Å². The van der Waals surface area contributed by atoms with Gasteiger partial charge in [0.05, 0.1) is 34.5 Å². The summed E-state index contributed by atoms with van der Waals surface area (Å²) in [7, 11) is -6.48. The lowest BCUT2D eigenvalue weighted by Crippen LogP contribution is -2.50. The summed E-state index contributed by atoms with van der Waals surface area (Å²) < 4.78 is 75.2. The van der Waals surface area contributed by atoms with Gasteiger partial charge >= 0.3 is 0 Å². The minimum atomic E-state index is -4.10. The molecule has 0 aliphatic carbocycles. The Hall–Kier alpha value is -3.52. The van der Waals surface area contributed by atoms with Gasteiger partial charge in [0.2, 0.25) is 10.0 Å². The molecule has 0 saturated carbocycles. The standard InChI is InChI=1S/C28H32FN3O7S2/c1-19-16-32(20(2)18-33)28(34)25-15-22(30-40(35,36)23-12-9-21(29)10-13-23)11-14-26(25)39-27(19)17-31(3)41(37,38)24-7-5-4-6-8-24/h4-15,19-20,27,30,33H,16-18H2,1-3H3/t19-,20+,27-/m0/s1. The van der Waals surface area contributed by atoms with Crippen molar-refractivity contribution in [1.29, 1.82) is 0 Å². The van der Waals surface area contributed by atoms with Crippen molar-refractivity contribution in [2.75, 3.05) is 31.5 Å². The monoisotopic (exact) mass is 605 g/mol. The predicted molar refractivity (Wildman–Crippen MR) is 151 cm³/mol. The molecule has 1 aliphatic rings. The van der Waals surface area contributed by atoms with E-state index in [9.17, 15) is 31.1 Å². The number of likely N-dealkylation sites (N-methyl/N-ethyl adjacent to an activating group) is 1. The molecule has 0 bridgehead atoms. The average Bonchev–Trinajstić information content (AvgIpc) is 2.95. The maximum absolute atomic E-state index is 13.6. The highest BCUT2D eigenvalue weighted by Crippen LogP contribution is 2.32. The molecule has 4 rings (SSSR count). The van der Waals surface area contributed by atoms with E-state index in [1.54, 1.807) is 25.1 Å². The van der Waals surface area contributed by atoms with Gasteiger partial charge < -0.3 is 14.7 Å². The molecule has 0 spiro atoms. The lowest BCUT2D eigenvalue weighted by molar-refractivity contribution is 0.0387. The fourth-order valence-electron chi connectivity index (χ4n) is 4.46. The highest BCUT2D eigenvalue weighted by molar-refractivity contribution is 7.92. The predicted octanol–water partition coefficient (Wildman–Crippen LogP) is 3.17. The van der Waals surface area contributed by atoms with Crippen molar-refractivity contribution < 1.29 is 35.9 Å². The van der Waals surface area contributed by atoms with Gasteiger partial charge in [-0.3, -0.25) is 9.52 Å². The van der Waals surface area contributed by atoms with E-state index in [2.05, 4.69) is 4.72 Å². The van der Waals surface area contributed by atoms with E-state index in [1.165, 1.54) is 46.6 Å². The summed E-state index contributed by atoms with van der Waals surface area (Å²) in [6.45, 7) is 3.29. The van der Waals surface area contributed by atoms with Crippen LogP contribution in [-0.2, 0) is 20.0 Å². The molecule has 1 amide bonds. The van der Waals surface area contributed by atoms with Crippen LogP contribution in [0.5, 0.6) is 5.75 Å². The molecule has 3 atom stereocenters. The molecular formula is C28H32FN3O7S2. The largest absolute Gasteiger partial charge is 0.488 e. The van der Waals surface area contributed by atoms with Crippen molar-refractivity contribution in [3.63, 3.8) is 0 Å². The molecule has 1 heterocycles. The summed E-state index contributed by atoms with van der Waals surface area (Å²) in [5.41, 5.74) is 0.102. The summed E-state index contributed by atoms with van der Waals surface area (Å²) in [4.78, 5) is 15.1. The zero-order chi connectivity index (χ0) is 29.9. The molecule has 220 valence electrons. The van der Waals surface area contributed by atoms with Crippen LogP contribution in [0.3, 0.4) is 0 Å². The lowest BCUT2D eigenvalue weighted by Gasteiger charge is -2.38. The van der Waals surface area contributed by atoms with E-state index in [0.717, 1.165) is 24.3 Å². The first-order chi connectivity index (χ1) is 19.3. The molecule has 1 aliphatic heterocycles. The van der Waals surface area contributed by atoms with Crippen LogP contribution in [0.4, 0.5) is 10.1 Å². The summed E-state index contributed by atoms with van der Waals surface area (Å²) in [5, 5.41) is 9.87. The SMILES string of the molecule is C[C@H](CO)N1C[C@H](C)[C@H](CN(C)S(=O)(=O)c2ccccc2)Oc2ccc(NS(=O)(=O)c3ccc(F)cc3)cc2C1=O. The van der Waals surface area contributed by atoms with Crippen LogP contribution >= 0.6 is 0 Å². The molecule has 0 aromatic heterocycles. The lowest BCUT2D eigenvalue weighted by atomic mass is 9.99. The van der Waals surface area contributed by atoms with Crippen LogP contribution in [0.25, 0.3) is 0 Å². The number of hydrogen-bond donors (Lipinski definition) is 2. The van der Waals surface area contributed by atoms with Crippen molar-refractivity contribution >= 4 is 31.6 Å². The van der Waals surface area contributed by atoms with Crippen LogP contribution in [0.1, 0.15) is 24.2 Å². The van der Waals surface area contributed by atoms with Gasteiger partial charge in [0.1, 0.15) is 17.7 Å². The second-order valence-corrected chi connectivity index (χ2v) is 13.7. The van der Waals surface area contributed by atoms with E-state index < -0.39 is 43.9 Å². The van der Waals surface area contributed by atoms with Gasteiger partial charge in [0.25, 0.3) is 15.9 Å². The number of ether oxygens (including phenoxy) is 1. The maximum atomic E-state index is 13.6. The first-order valence-corrected chi connectivity index (χ1v) is 15.8. The number of carbonyl (C=O) groups excluding carboxylic acids is 1. The first kappa shape index (κ1) is 30.4. The number of fused-ring (bicyclic) bond motifs is 1. The number of sulfonamides is 2. The molecule has 3 aromatic rings. The van der Waals surface area contributed by atoms with Gasteiger partial charge in [-0.05, 0) is 61.5 Å². The molecule has 13 heteroatoms. The molecule has 41 heavy (non-hydrogen) atoms. The number of aliphatic hydroxyl groups excluding tert-OH is 1. The van der Waals surface area contributed by atoms with Gasteiger partial charge in [-0.1, -0.05) is 25.1 Å². The second-order valence-electron chi connectivity index (χ2n) is 9.99. The number of nitrogens with one attached hydrogen (secondary N) is 1. The topological polar surface area (TPSA) is 133 Å². The summed E-state index contributed by atoms with van der Waals surface area (Å²) in [5.74, 6) is -1.28. The van der Waals surface area contributed by atoms with Gasteiger partial charge in [-0.15, -0.1) is 0 Å². The Balaban J connectivity index is 1.68. The van der Waals surface area contributed by atoms with Crippen molar-refractivity contribution in [2.45, 2.75) is 35.8 Å². The third-order valence-electron chi connectivity index (χ3n) is 6.93. The Bertz CT molecular complexity index is 1600. The third-order valence-corrected chi connectivity index (χ3v) is 10.2. The zero-order valence-electron chi connectivity index (χ0n) is 22.8. The summed E-state index contributed by atoms with van der Waals surface area (Å²) in [6, 6.07) is 15.9. The molecule has 0 unspecified atom stereocenters. The smallest absolute Gasteiger partial charge is 0.261 e. The van der Waals surface area contributed by atoms with Gasteiger partial charge in [-0.2, -0.15) is 4.31 Å². The van der Waals surface area contributed by atoms with E-state index in [-0.39, 0.29) is 52.4 Å². The Morgan fingerprint density at radius 1 is 1.05 bits per heavy atom. The maximum Gasteiger partial charge on any atom is 0.261 e. The normalized spacial score (nSPS) is 18.7. The molecule has 2 N–H and O–H groups in total. The van der Waals surface area contributed by atoms with Crippen molar-refractivity contribution in [2.24, 2.45) is 5.92 Å². The quantitative estimate of drug-likeness (QED) is 0.383. The van der Waals surface area contributed by atoms with Crippen LogP contribution in [0.15, 0.2) is 82.6 Å². The number of amides is 1. The van der Waals surface area contributed by atoms with Crippen LogP contribution in [0, 0.1) is 11.7 Å². The third kappa shape index (κ3) is 6.70. The molecule has 0 radical (unpaired) electrons. The average molecular weight is 606 g/mol. The molecule has 3 aromatic carbocycles. The van der Waals surface area contributed by atoms with E-state index in [0.29, 0.717) is 0 Å². The van der Waals surface area contributed by atoms with Crippen molar-refractivity contribution in [3.05, 3.63) is 84.2 Å². The highest BCUT2D eigenvalue weighted by Gasteiger charge is 2.35. The van der Waals surface area contributed by atoms with Gasteiger partial charge in [0.15, 0.2) is 0 Å². The fourth-order valence-corrected chi connectivity index (χ4v) is 6.71. The fraction of sp³-hybridized carbons (Fsp3) is 0.321. The Morgan fingerprint density at radius 2 is 1.71 bits per heavy atom. The Kier molecular flexibility index (Phi) is 9.02. The zero-order valence-corrected chi connectivity index (χ0v) is 24.4. The Labute approximate surface area is 239 Å². The van der Waals surface area contributed by atoms with Gasteiger partial charge in [0, 0.05) is 25.2 Å². The molecule has 10 nitrogen and oxygen atoms in total. The number of carbonyl (C=O) groups is 1. The summed E-state index contributed by atoms with van der Waals surface area (Å²) in [6.07, 6.45) is -0.694. The molecule has 0 saturated heterocycles. The van der Waals surface area contributed by atoms with E-state index >= 15 is 0 Å². The number of halogens is 1. The number of benzene rings is 3. The summed E-state index contributed by atoms with van der Waals surface area (Å²) >= 11 is 0. The van der Waals surface area contributed by atoms with E-state index in [1.807, 2.05) is 6.92 Å². The highest BCUT2D eigenvalue weighted by atomic mass is 32.2. The minimum Gasteiger partial charge on any atom is -0.488 e. The van der Waals surface area contributed by atoms with Crippen LogP contribution < -0.4 is 9.46 Å². The van der Waals surface area contributed by atoms with Gasteiger partial charge in [-0.25, -0.2) is 21.2 Å². The van der Waals surface area contributed by atoms with Crippen molar-refractivity contribution in [1.82, 2.24) is 9.21 Å². The molecule has 0 fully saturated rings. The van der Waals surface area contributed by atoms with Crippen LogP contribution in [-0.4, -0.2) is 75.9 Å². The number of nitrogens with zero attached hydrogens (tertiary/aromatic N) is 2. The van der Waals surface area contributed by atoms with E-state index in [4.69, 9.17) is 4.74 Å². The Morgan fingerprint density at radius 3 is 2.34 bits per heavy atom. The number of aliphatic hydroxyl groups is 1. The minimum absolute atomic E-state index is 0.0354. The number of rotatable bonds is 9. The molecular weight excluding hydrogens is 573 g/mol. The number of anilines is 1. The second kappa shape index (κ2) is 12.1.